The van der Waals surface area contributed by atoms with Crippen molar-refractivity contribution in [3.63, 3.8) is 0 Å². The second kappa shape index (κ2) is 6.38. The Morgan fingerprint density at radius 3 is 2.33 bits per heavy atom. The summed E-state index contributed by atoms with van der Waals surface area (Å²) in [6.45, 7) is 3.83. The number of benzene rings is 1. The molecule has 0 saturated heterocycles. The standard InChI is InChI=1S/C12H17ClFNO2S/c1-3-15(12-6-4-11(14)5-7-12)18(16,17)9-10(2)8-13/h4-7,10H,3,8-9H2,1-2H3. The minimum atomic E-state index is -3.42. The lowest BCUT2D eigenvalue weighted by molar-refractivity contribution is 0.578. The fraction of sp³-hybridized carbons (Fsp3) is 0.500. The zero-order valence-electron chi connectivity index (χ0n) is 10.4. The van der Waals surface area contributed by atoms with Crippen LogP contribution in [0.1, 0.15) is 13.8 Å². The van der Waals surface area contributed by atoms with Gasteiger partial charge >= 0.3 is 0 Å². The van der Waals surface area contributed by atoms with Gasteiger partial charge in [-0.05, 0) is 37.1 Å². The Morgan fingerprint density at radius 2 is 1.89 bits per heavy atom. The molecule has 0 aliphatic carbocycles. The second-order valence-electron chi connectivity index (χ2n) is 4.18. The first kappa shape index (κ1) is 15.2. The maximum atomic E-state index is 12.8. The van der Waals surface area contributed by atoms with E-state index >= 15 is 0 Å². The van der Waals surface area contributed by atoms with E-state index in [4.69, 9.17) is 11.6 Å². The van der Waals surface area contributed by atoms with Crippen molar-refractivity contribution in [3.8, 4) is 0 Å². The highest BCUT2D eigenvalue weighted by Crippen LogP contribution is 2.20. The van der Waals surface area contributed by atoms with Gasteiger partial charge in [0.2, 0.25) is 10.0 Å². The molecule has 0 fully saturated rings. The van der Waals surface area contributed by atoms with Crippen LogP contribution in [-0.4, -0.2) is 26.6 Å². The Hall–Kier alpha value is -0.810. The molecule has 0 saturated carbocycles. The molecular weight excluding hydrogens is 277 g/mol. The van der Waals surface area contributed by atoms with E-state index in [0.717, 1.165) is 0 Å². The van der Waals surface area contributed by atoms with Crippen LogP contribution in [0.5, 0.6) is 0 Å². The second-order valence-corrected chi connectivity index (χ2v) is 6.43. The van der Waals surface area contributed by atoms with Gasteiger partial charge in [0, 0.05) is 12.4 Å². The molecule has 0 aliphatic heterocycles. The van der Waals surface area contributed by atoms with Crippen LogP contribution < -0.4 is 4.31 Å². The summed E-state index contributed by atoms with van der Waals surface area (Å²) in [5, 5.41) is 0. The Bertz CT molecular complexity index is 475. The van der Waals surface area contributed by atoms with Gasteiger partial charge in [-0.25, -0.2) is 12.8 Å². The van der Waals surface area contributed by atoms with E-state index in [1.54, 1.807) is 13.8 Å². The zero-order chi connectivity index (χ0) is 13.8. The van der Waals surface area contributed by atoms with Gasteiger partial charge in [0.15, 0.2) is 0 Å². The SMILES string of the molecule is CCN(c1ccc(F)cc1)S(=O)(=O)CC(C)CCl. The van der Waals surface area contributed by atoms with Crippen LogP contribution in [0.2, 0.25) is 0 Å². The average Bonchev–Trinajstić information content (AvgIpc) is 2.31. The fourth-order valence-electron chi connectivity index (χ4n) is 1.64. The molecule has 18 heavy (non-hydrogen) atoms. The fourth-order valence-corrected chi connectivity index (χ4v) is 3.73. The van der Waals surface area contributed by atoms with Crippen molar-refractivity contribution in [1.29, 1.82) is 0 Å². The zero-order valence-corrected chi connectivity index (χ0v) is 12.0. The van der Waals surface area contributed by atoms with E-state index in [1.165, 1.54) is 28.6 Å². The molecular formula is C12H17ClFNO2S. The minimum Gasteiger partial charge on any atom is -0.271 e. The van der Waals surface area contributed by atoms with Crippen molar-refractivity contribution in [3.05, 3.63) is 30.1 Å². The minimum absolute atomic E-state index is 0.0122. The van der Waals surface area contributed by atoms with Crippen molar-refractivity contribution >= 4 is 27.3 Å². The third-order valence-corrected chi connectivity index (χ3v) is 5.15. The molecule has 6 heteroatoms. The number of anilines is 1. The quantitative estimate of drug-likeness (QED) is 0.756. The molecule has 0 bridgehead atoms. The van der Waals surface area contributed by atoms with E-state index in [9.17, 15) is 12.8 Å². The van der Waals surface area contributed by atoms with Gasteiger partial charge in [0.25, 0.3) is 0 Å². The Kier molecular flexibility index (Phi) is 5.41. The molecule has 3 nitrogen and oxygen atoms in total. The molecule has 1 unspecified atom stereocenters. The van der Waals surface area contributed by atoms with Crippen LogP contribution in [0.4, 0.5) is 10.1 Å². The van der Waals surface area contributed by atoms with Crippen LogP contribution in [0.3, 0.4) is 0 Å². The van der Waals surface area contributed by atoms with Crippen molar-refractivity contribution in [2.24, 2.45) is 5.92 Å². The van der Waals surface area contributed by atoms with Crippen molar-refractivity contribution in [1.82, 2.24) is 0 Å². The Morgan fingerprint density at radius 1 is 1.33 bits per heavy atom. The number of rotatable bonds is 6. The summed E-state index contributed by atoms with van der Waals surface area (Å²) in [6.07, 6.45) is 0. The number of halogens is 2. The van der Waals surface area contributed by atoms with Gasteiger partial charge in [-0.3, -0.25) is 4.31 Å². The summed E-state index contributed by atoms with van der Waals surface area (Å²) >= 11 is 5.64. The van der Waals surface area contributed by atoms with E-state index in [1.807, 2.05) is 0 Å². The van der Waals surface area contributed by atoms with Gasteiger partial charge in [-0.2, -0.15) is 0 Å². The van der Waals surface area contributed by atoms with Gasteiger partial charge in [0.1, 0.15) is 5.82 Å². The maximum Gasteiger partial charge on any atom is 0.235 e. The first-order valence-corrected chi connectivity index (χ1v) is 7.87. The summed E-state index contributed by atoms with van der Waals surface area (Å²) in [5.74, 6) is -0.227. The van der Waals surface area contributed by atoms with Crippen LogP contribution in [0, 0.1) is 11.7 Å². The summed E-state index contributed by atoms with van der Waals surface area (Å²) in [4.78, 5) is 0. The molecule has 1 atom stereocenters. The number of nitrogens with zero attached hydrogens (tertiary/aromatic N) is 1. The van der Waals surface area contributed by atoms with Crippen LogP contribution >= 0.6 is 11.6 Å². The predicted octanol–water partition coefficient (Wildman–Crippen LogP) is 2.86. The molecule has 1 aromatic carbocycles. The largest absolute Gasteiger partial charge is 0.271 e. The molecule has 102 valence electrons. The highest BCUT2D eigenvalue weighted by Gasteiger charge is 2.23. The summed E-state index contributed by atoms with van der Waals surface area (Å²) in [7, 11) is -3.42. The summed E-state index contributed by atoms with van der Waals surface area (Å²) < 4.78 is 38.5. The number of alkyl halides is 1. The van der Waals surface area contributed by atoms with Gasteiger partial charge in [-0.15, -0.1) is 11.6 Å². The smallest absolute Gasteiger partial charge is 0.235 e. The number of sulfonamides is 1. The van der Waals surface area contributed by atoms with E-state index < -0.39 is 10.0 Å². The van der Waals surface area contributed by atoms with E-state index in [-0.39, 0.29) is 17.5 Å². The first-order valence-electron chi connectivity index (χ1n) is 5.72. The van der Waals surface area contributed by atoms with Crippen LogP contribution in [0.15, 0.2) is 24.3 Å². The summed E-state index contributed by atoms with van der Waals surface area (Å²) in [6, 6.07) is 5.42. The normalized spacial score (nSPS) is 13.3. The lowest BCUT2D eigenvalue weighted by Crippen LogP contribution is -2.35. The molecule has 1 aromatic rings. The predicted molar refractivity (Wildman–Crippen MR) is 73.1 cm³/mol. The Labute approximate surface area is 113 Å². The van der Waals surface area contributed by atoms with Crippen molar-refractivity contribution in [2.45, 2.75) is 13.8 Å². The van der Waals surface area contributed by atoms with E-state index in [2.05, 4.69) is 0 Å². The summed E-state index contributed by atoms with van der Waals surface area (Å²) in [5.41, 5.74) is 0.473. The molecule has 0 aliphatic rings. The molecule has 0 radical (unpaired) electrons. The maximum absolute atomic E-state index is 12.8. The number of hydrogen-bond donors (Lipinski definition) is 0. The Balaban J connectivity index is 2.99. The average molecular weight is 294 g/mol. The third-order valence-electron chi connectivity index (χ3n) is 2.50. The molecule has 1 rings (SSSR count). The molecule has 0 amide bonds. The first-order chi connectivity index (χ1) is 8.40. The lowest BCUT2D eigenvalue weighted by atomic mass is 10.3. The molecule has 0 aromatic heterocycles. The lowest BCUT2D eigenvalue weighted by Gasteiger charge is -2.24. The van der Waals surface area contributed by atoms with Gasteiger partial charge in [-0.1, -0.05) is 6.92 Å². The molecule has 0 N–H and O–H groups in total. The number of hydrogen-bond acceptors (Lipinski definition) is 2. The third kappa shape index (κ3) is 3.85. The van der Waals surface area contributed by atoms with Crippen molar-refractivity contribution in [2.75, 3.05) is 22.5 Å². The van der Waals surface area contributed by atoms with Gasteiger partial charge in [0.05, 0.1) is 11.4 Å². The van der Waals surface area contributed by atoms with E-state index in [0.29, 0.717) is 18.1 Å². The highest BCUT2D eigenvalue weighted by atomic mass is 35.5. The van der Waals surface area contributed by atoms with Crippen LogP contribution in [0.25, 0.3) is 0 Å². The monoisotopic (exact) mass is 293 g/mol. The topological polar surface area (TPSA) is 37.4 Å². The van der Waals surface area contributed by atoms with Crippen molar-refractivity contribution < 1.29 is 12.8 Å². The van der Waals surface area contributed by atoms with Gasteiger partial charge < -0.3 is 0 Å². The highest BCUT2D eigenvalue weighted by molar-refractivity contribution is 7.92. The van der Waals surface area contributed by atoms with Crippen LogP contribution in [-0.2, 0) is 10.0 Å². The molecule has 0 spiro atoms. The molecule has 0 heterocycles.